The molecule has 1 fully saturated rings. The van der Waals surface area contributed by atoms with Gasteiger partial charge in [-0.15, -0.1) is 0 Å². The Bertz CT molecular complexity index is 387. The van der Waals surface area contributed by atoms with Crippen molar-refractivity contribution in [2.45, 2.75) is 19.4 Å². The predicted molar refractivity (Wildman–Crippen MR) is 54.4 cm³/mol. The fraction of sp³-hybridized carbons (Fsp3) is 0.556. The summed E-state index contributed by atoms with van der Waals surface area (Å²) in [5.74, 6) is 0. The second kappa shape index (κ2) is 3.42. The smallest absolute Gasteiger partial charge is 0.269 e. The van der Waals surface area contributed by atoms with Crippen LogP contribution in [0.5, 0.6) is 0 Å². The molecule has 1 aromatic heterocycles. The molecule has 0 amide bonds. The SMILES string of the molecule is Cc1c(N2CCC(N)C2)cn[nH]c1=O. The van der Waals surface area contributed by atoms with Gasteiger partial charge in [0.2, 0.25) is 0 Å². The number of H-pyrrole nitrogens is 1. The first-order valence-corrected chi connectivity index (χ1v) is 4.73. The van der Waals surface area contributed by atoms with Crippen molar-refractivity contribution in [2.75, 3.05) is 18.0 Å². The van der Waals surface area contributed by atoms with Crippen molar-refractivity contribution in [1.29, 1.82) is 0 Å². The Hall–Kier alpha value is -1.36. The molecule has 1 atom stereocenters. The lowest BCUT2D eigenvalue weighted by Crippen LogP contribution is -2.28. The number of rotatable bonds is 1. The monoisotopic (exact) mass is 194 g/mol. The highest BCUT2D eigenvalue weighted by Gasteiger charge is 2.21. The number of nitrogens with one attached hydrogen (secondary N) is 1. The summed E-state index contributed by atoms with van der Waals surface area (Å²) in [4.78, 5) is 13.4. The van der Waals surface area contributed by atoms with Crippen LogP contribution in [-0.2, 0) is 0 Å². The molecule has 0 aliphatic carbocycles. The highest BCUT2D eigenvalue weighted by Crippen LogP contribution is 2.19. The molecular weight excluding hydrogens is 180 g/mol. The Morgan fingerprint density at radius 2 is 2.50 bits per heavy atom. The van der Waals surface area contributed by atoms with Crippen molar-refractivity contribution in [3.8, 4) is 0 Å². The predicted octanol–water partition coefficient (Wildman–Crippen LogP) is -0.384. The third kappa shape index (κ3) is 1.50. The van der Waals surface area contributed by atoms with E-state index in [1.807, 2.05) is 0 Å². The van der Waals surface area contributed by atoms with E-state index in [9.17, 15) is 4.79 Å². The summed E-state index contributed by atoms with van der Waals surface area (Å²) in [6, 6.07) is 0.216. The van der Waals surface area contributed by atoms with Gasteiger partial charge in [0.05, 0.1) is 11.9 Å². The third-order valence-corrected chi connectivity index (χ3v) is 2.64. The molecule has 76 valence electrons. The van der Waals surface area contributed by atoms with E-state index in [0.717, 1.165) is 25.2 Å². The van der Waals surface area contributed by atoms with Crippen LogP contribution >= 0.6 is 0 Å². The third-order valence-electron chi connectivity index (χ3n) is 2.64. The van der Waals surface area contributed by atoms with E-state index in [0.29, 0.717) is 5.56 Å². The normalized spacial score (nSPS) is 21.6. The van der Waals surface area contributed by atoms with Gasteiger partial charge in [-0.05, 0) is 13.3 Å². The Balaban J connectivity index is 2.33. The molecule has 14 heavy (non-hydrogen) atoms. The van der Waals surface area contributed by atoms with E-state index in [4.69, 9.17) is 5.73 Å². The minimum absolute atomic E-state index is 0.122. The summed E-state index contributed by atoms with van der Waals surface area (Å²) in [6.07, 6.45) is 2.67. The van der Waals surface area contributed by atoms with Crippen LogP contribution in [0.25, 0.3) is 0 Å². The average Bonchev–Trinajstić information content (AvgIpc) is 2.57. The maximum atomic E-state index is 11.3. The van der Waals surface area contributed by atoms with Gasteiger partial charge in [0, 0.05) is 24.7 Å². The van der Waals surface area contributed by atoms with Crippen LogP contribution in [0.1, 0.15) is 12.0 Å². The standard InChI is InChI=1S/C9H14N4O/c1-6-8(4-11-12-9(6)14)13-3-2-7(10)5-13/h4,7H,2-3,5,10H2,1H3,(H,12,14). The van der Waals surface area contributed by atoms with E-state index in [-0.39, 0.29) is 11.6 Å². The molecule has 5 nitrogen and oxygen atoms in total. The number of nitrogens with zero attached hydrogens (tertiary/aromatic N) is 2. The van der Waals surface area contributed by atoms with E-state index < -0.39 is 0 Å². The van der Waals surface area contributed by atoms with Gasteiger partial charge >= 0.3 is 0 Å². The van der Waals surface area contributed by atoms with Crippen LogP contribution in [0, 0.1) is 6.92 Å². The first-order valence-electron chi connectivity index (χ1n) is 4.73. The van der Waals surface area contributed by atoms with Crippen LogP contribution in [0.15, 0.2) is 11.0 Å². The molecule has 1 aliphatic rings. The molecule has 5 heteroatoms. The van der Waals surface area contributed by atoms with Crippen LogP contribution < -0.4 is 16.2 Å². The van der Waals surface area contributed by atoms with E-state index in [1.54, 1.807) is 13.1 Å². The fourth-order valence-corrected chi connectivity index (χ4v) is 1.77. The number of aromatic nitrogens is 2. The minimum atomic E-state index is -0.122. The molecule has 1 aliphatic heterocycles. The molecule has 1 saturated heterocycles. The Kier molecular flexibility index (Phi) is 2.25. The largest absolute Gasteiger partial charge is 0.368 e. The quantitative estimate of drug-likeness (QED) is 0.638. The minimum Gasteiger partial charge on any atom is -0.368 e. The summed E-state index contributed by atoms with van der Waals surface area (Å²) in [7, 11) is 0. The van der Waals surface area contributed by atoms with Crippen LogP contribution in [0.2, 0.25) is 0 Å². The van der Waals surface area contributed by atoms with Gasteiger partial charge in [-0.2, -0.15) is 5.10 Å². The van der Waals surface area contributed by atoms with Crippen molar-refractivity contribution in [3.63, 3.8) is 0 Å². The lowest BCUT2D eigenvalue weighted by Gasteiger charge is -2.18. The van der Waals surface area contributed by atoms with Gasteiger partial charge in [-0.1, -0.05) is 0 Å². The van der Waals surface area contributed by atoms with Gasteiger partial charge < -0.3 is 10.6 Å². The van der Waals surface area contributed by atoms with E-state index in [2.05, 4.69) is 15.1 Å². The van der Waals surface area contributed by atoms with Crippen LogP contribution in [0.4, 0.5) is 5.69 Å². The molecule has 0 aromatic carbocycles. The summed E-state index contributed by atoms with van der Waals surface area (Å²) in [5, 5.41) is 6.21. The number of anilines is 1. The Labute approximate surface area is 81.9 Å². The van der Waals surface area contributed by atoms with Crippen LogP contribution in [-0.4, -0.2) is 29.3 Å². The average molecular weight is 194 g/mol. The highest BCUT2D eigenvalue weighted by molar-refractivity contribution is 5.50. The van der Waals surface area contributed by atoms with Gasteiger partial charge in [0.15, 0.2) is 0 Å². The molecule has 1 unspecified atom stereocenters. The van der Waals surface area contributed by atoms with Crippen molar-refractivity contribution in [2.24, 2.45) is 5.73 Å². The van der Waals surface area contributed by atoms with Crippen molar-refractivity contribution < 1.29 is 0 Å². The molecule has 1 aromatic rings. The topological polar surface area (TPSA) is 75.0 Å². The number of nitrogens with two attached hydrogens (primary N) is 1. The lowest BCUT2D eigenvalue weighted by molar-refractivity contribution is 0.751. The number of hydrogen-bond acceptors (Lipinski definition) is 4. The zero-order valence-corrected chi connectivity index (χ0v) is 8.16. The summed E-state index contributed by atoms with van der Waals surface area (Å²) < 4.78 is 0. The molecule has 2 rings (SSSR count). The summed E-state index contributed by atoms with van der Waals surface area (Å²) in [6.45, 7) is 3.53. The fourth-order valence-electron chi connectivity index (χ4n) is 1.77. The van der Waals surface area contributed by atoms with E-state index in [1.165, 1.54) is 0 Å². The summed E-state index contributed by atoms with van der Waals surface area (Å²) >= 11 is 0. The molecule has 2 heterocycles. The lowest BCUT2D eigenvalue weighted by atomic mass is 10.2. The van der Waals surface area contributed by atoms with Crippen molar-refractivity contribution in [3.05, 3.63) is 22.1 Å². The number of hydrogen-bond donors (Lipinski definition) is 2. The van der Waals surface area contributed by atoms with Crippen LogP contribution in [0.3, 0.4) is 0 Å². The van der Waals surface area contributed by atoms with Gasteiger partial charge in [-0.3, -0.25) is 4.79 Å². The van der Waals surface area contributed by atoms with Crippen molar-refractivity contribution >= 4 is 5.69 Å². The molecule has 0 spiro atoms. The van der Waals surface area contributed by atoms with E-state index >= 15 is 0 Å². The first-order chi connectivity index (χ1) is 6.68. The zero-order chi connectivity index (χ0) is 10.1. The maximum Gasteiger partial charge on any atom is 0.269 e. The number of aromatic amines is 1. The van der Waals surface area contributed by atoms with Gasteiger partial charge in [0.1, 0.15) is 0 Å². The Morgan fingerprint density at radius 3 is 3.14 bits per heavy atom. The molecule has 0 saturated carbocycles. The zero-order valence-electron chi connectivity index (χ0n) is 8.16. The molecular formula is C9H14N4O. The first kappa shape index (κ1) is 9.21. The maximum absolute atomic E-state index is 11.3. The highest BCUT2D eigenvalue weighted by atomic mass is 16.1. The molecule has 3 N–H and O–H groups in total. The van der Waals surface area contributed by atoms with Crippen molar-refractivity contribution in [1.82, 2.24) is 10.2 Å². The Morgan fingerprint density at radius 1 is 1.71 bits per heavy atom. The molecule has 0 radical (unpaired) electrons. The van der Waals surface area contributed by atoms with Gasteiger partial charge in [-0.25, -0.2) is 5.10 Å². The van der Waals surface area contributed by atoms with Gasteiger partial charge in [0.25, 0.3) is 5.56 Å². The second-order valence-corrected chi connectivity index (χ2v) is 3.70. The second-order valence-electron chi connectivity index (χ2n) is 3.70. The molecule has 0 bridgehead atoms. The summed E-state index contributed by atoms with van der Waals surface area (Å²) in [5.41, 5.74) is 7.30.